The van der Waals surface area contributed by atoms with Gasteiger partial charge in [0.1, 0.15) is 17.3 Å². The molecule has 0 aliphatic heterocycles. The Bertz CT molecular complexity index is 669. The standard InChI is InChI=1S/C23H38O5/c1-20(2,3)16(25)13(17(26)21(4,5)6)15(24)14(18(27)22(7,8)9)19(28)23(10,11)12/h13,27H,1-12H3/b18-14+. The molecule has 0 radical (unpaired) electrons. The Morgan fingerprint density at radius 3 is 1.11 bits per heavy atom. The second kappa shape index (κ2) is 7.92. The fourth-order valence-electron chi connectivity index (χ4n) is 2.45. The normalized spacial score (nSPS) is 14.6. The molecule has 0 spiro atoms. The topological polar surface area (TPSA) is 88.5 Å². The average Bonchev–Trinajstić information content (AvgIpc) is 2.43. The van der Waals surface area contributed by atoms with Crippen LogP contribution in [-0.2, 0) is 19.2 Å². The van der Waals surface area contributed by atoms with Crippen molar-refractivity contribution in [1.29, 1.82) is 0 Å². The third kappa shape index (κ3) is 6.11. The molecule has 28 heavy (non-hydrogen) atoms. The Morgan fingerprint density at radius 1 is 0.571 bits per heavy atom. The zero-order valence-corrected chi connectivity index (χ0v) is 19.7. The molecule has 5 heteroatoms. The molecule has 0 amide bonds. The van der Waals surface area contributed by atoms with Gasteiger partial charge in [-0.25, -0.2) is 0 Å². The smallest absolute Gasteiger partial charge is 0.187 e. The van der Waals surface area contributed by atoms with Gasteiger partial charge in [0.2, 0.25) is 0 Å². The number of carbonyl (C=O) groups is 4. The van der Waals surface area contributed by atoms with Crippen LogP contribution in [0.25, 0.3) is 0 Å². The minimum atomic E-state index is -1.63. The molecular weight excluding hydrogens is 356 g/mol. The lowest BCUT2D eigenvalue weighted by Crippen LogP contribution is -2.46. The van der Waals surface area contributed by atoms with E-state index in [1.54, 1.807) is 83.1 Å². The van der Waals surface area contributed by atoms with E-state index in [0.717, 1.165) is 0 Å². The van der Waals surface area contributed by atoms with Crippen molar-refractivity contribution in [2.24, 2.45) is 27.6 Å². The summed E-state index contributed by atoms with van der Waals surface area (Å²) in [5.41, 5.74) is -4.24. The minimum absolute atomic E-state index is 0.397. The second-order valence-electron chi connectivity index (χ2n) is 11.6. The van der Waals surface area contributed by atoms with Crippen molar-refractivity contribution >= 4 is 23.1 Å². The van der Waals surface area contributed by atoms with Gasteiger partial charge in [-0.2, -0.15) is 0 Å². The fourth-order valence-corrected chi connectivity index (χ4v) is 2.45. The lowest BCUT2D eigenvalue weighted by atomic mass is 9.69. The van der Waals surface area contributed by atoms with Crippen LogP contribution in [-0.4, -0.2) is 28.2 Å². The van der Waals surface area contributed by atoms with E-state index in [4.69, 9.17) is 0 Å². The van der Waals surface area contributed by atoms with E-state index in [2.05, 4.69) is 0 Å². The number of aliphatic hydroxyl groups excluding tert-OH is 1. The van der Waals surface area contributed by atoms with E-state index < -0.39 is 62.0 Å². The molecule has 0 aliphatic rings. The summed E-state index contributed by atoms with van der Waals surface area (Å²) in [4.78, 5) is 52.8. The summed E-state index contributed by atoms with van der Waals surface area (Å²) in [5, 5.41) is 10.8. The third-order valence-electron chi connectivity index (χ3n) is 4.37. The average molecular weight is 395 g/mol. The quantitative estimate of drug-likeness (QED) is 0.311. The number of allylic oxidation sites excluding steroid dienone is 2. The van der Waals surface area contributed by atoms with Crippen LogP contribution < -0.4 is 0 Å². The van der Waals surface area contributed by atoms with Crippen molar-refractivity contribution in [3.8, 4) is 0 Å². The molecule has 0 aromatic carbocycles. The van der Waals surface area contributed by atoms with Crippen molar-refractivity contribution in [1.82, 2.24) is 0 Å². The van der Waals surface area contributed by atoms with Crippen molar-refractivity contribution in [3.63, 3.8) is 0 Å². The molecule has 0 aliphatic carbocycles. The first kappa shape index (κ1) is 26.2. The van der Waals surface area contributed by atoms with Gasteiger partial charge in [0, 0.05) is 21.7 Å². The molecule has 5 nitrogen and oxygen atoms in total. The van der Waals surface area contributed by atoms with Crippen LogP contribution in [0.2, 0.25) is 0 Å². The summed E-state index contributed by atoms with van der Waals surface area (Å²) in [6, 6.07) is 0. The molecule has 0 unspecified atom stereocenters. The number of Topliss-reactive ketones (excluding diaryl/α,β-unsaturated/α-hetero) is 4. The summed E-state index contributed by atoms with van der Waals surface area (Å²) >= 11 is 0. The van der Waals surface area contributed by atoms with Gasteiger partial charge in [-0.1, -0.05) is 83.1 Å². The van der Waals surface area contributed by atoms with Gasteiger partial charge in [0.25, 0.3) is 0 Å². The second-order valence-corrected chi connectivity index (χ2v) is 11.6. The van der Waals surface area contributed by atoms with Crippen LogP contribution in [0.3, 0.4) is 0 Å². The highest BCUT2D eigenvalue weighted by molar-refractivity contribution is 6.34. The summed E-state index contributed by atoms with van der Waals surface area (Å²) in [6.45, 7) is 19.7. The Kier molecular flexibility index (Phi) is 7.42. The van der Waals surface area contributed by atoms with Crippen LogP contribution in [0.1, 0.15) is 83.1 Å². The molecule has 0 aromatic heterocycles. The predicted molar refractivity (Wildman–Crippen MR) is 111 cm³/mol. The van der Waals surface area contributed by atoms with E-state index >= 15 is 0 Å². The monoisotopic (exact) mass is 394 g/mol. The summed E-state index contributed by atoms with van der Waals surface area (Å²) in [6.07, 6.45) is 0. The maximum Gasteiger partial charge on any atom is 0.187 e. The van der Waals surface area contributed by atoms with Gasteiger partial charge in [-0.15, -0.1) is 0 Å². The molecule has 0 saturated heterocycles. The van der Waals surface area contributed by atoms with Crippen molar-refractivity contribution in [2.45, 2.75) is 83.1 Å². The molecule has 0 heterocycles. The van der Waals surface area contributed by atoms with Gasteiger partial charge < -0.3 is 5.11 Å². The number of carbonyl (C=O) groups excluding carboxylic acids is 4. The van der Waals surface area contributed by atoms with Crippen LogP contribution in [0.15, 0.2) is 11.3 Å². The minimum Gasteiger partial charge on any atom is -0.511 e. The molecule has 160 valence electrons. The molecule has 1 N–H and O–H groups in total. The summed E-state index contributed by atoms with van der Waals surface area (Å²) in [7, 11) is 0. The SMILES string of the molecule is CC(C)(C)C(=O)/C(C(=O)C(C(=O)C(C)(C)C)C(=O)C(C)(C)C)=C(/O)C(C)(C)C. The maximum absolute atomic E-state index is 13.5. The van der Waals surface area contributed by atoms with E-state index in [0.29, 0.717) is 0 Å². The van der Waals surface area contributed by atoms with E-state index in [1.807, 2.05) is 0 Å². The Labute approximate surface area is 170 Å². The first-order valence-electron chi connectivity index (χ1n) is 9.66. The fraction of sp³-hybridized carbons (Fsp3) is 0.739. The van der Waals surface area contributed by atoms with Gasteiger partial charge in [0.15, 0.2) is 23.1 Å². The van der Waals surface area contributed by atoms with Crippen molar-refractivity contribution in [2.75, 3.05) is 0 Å². The third-order valence-corrected chi connectivity index (χ3v) is 4.37. The lowest BCUT2D eigenvalue weighted by Gasteiger charge is -2.30. The lowest BCUT2D eigenvalue weighted by molar-refractivity contribution is -0.146. The van der Waals surface area contributed by atoms with Gasteiger partial charge in [-0.3, -0.25) is 19.2 Å². The molecular formula is C23H38O5. The summed E-state index contributed by atoms with van der Waals surface area (Å²) < 4.78 is 0. The number of rotatable bonds is 5. The number of hydrogen-bond acceptors (Lipinski definition) is 5. The highest BCUT2D eigenvalue weighted by atomic mass is 16.3. The number of aliphatic hydroxyl groups is 1. The van der Waals surface area contributed by atoms with Crippen LogP contribution >= 0.6 is 0 Å². The Balaban J connectivity index is 6.92. The highest BCUT2D eigenvalue weighted by Gasteiger charge is 2.48. The van der Waals surface area contributed by atoms with E-state index in [9.17, 15) is 24.3 Å². The predicted octanol–water partition coefficient (Wildman–Crippen LogP) is 4.88. The first-order valence-corrected chi connectivity index (χ1v) is 9.66. The zero-order valence-electron chi connectivity index (χ0n) is 19.7. The van der Waals surface area contributed by atoms with Gasteiger partial charge >= 0.3 is 0 Å². The molecule has 0 fully saturated rings. The molecule has 0 saturated carbocycles. The van der Waals surface area contributed by atoms with Crippen LogP contribution in [0.4, 0.5) is 0 Å². The first-order chi connectivity index (χ1) is 12.0. The van der Waals surface area contributed by atoms with E-state index in [-0.39, 0.29) is 0 Å². The summed E-state index contributed by atoms with van der Waals surface area (Å²) in [5.74, 6) is -4.64. The Hall–Kier alpha value is -1.78. The van der Waals surface area contributed by atoms with Crippen molar-refractivity contribution in [3.05, 3.63) is 11.3 Å². The number of hydrogen-bond donors (Lipinski definition) is 1. The van der Waals surface area contributed by atoms with Crippen LogP contribution in [0.5, 0.6) is 0 Å². The number of ketones is 4. The molecule has 0 rings (SSSR count). The largest absolute Gasteiger partial charge is 0.511 e. The van der Waals surface area contributed by atoms with Gasteiger partial charge in [-0.05, 0) is 0 Å². The molecule has 0 atom stereocenters. The van der Waals surface area contributed by atoms with Gasteiger partial charge in [0.05, 0.1) is 0 Å². The van der Waals surface area contributed by atoms with Crippen molar-refractivity contribution < 1.29 is 24.3 Å². The maximum atomic E-state index is 13.5. The van der Waals surface area contributed by atoms with Crippen LogP contribution in [0, 0.1) is 27.6 Å². The zero-order chi connectivity index (χ0) is 23.0. The highest BCUT2D eigenvalue weighted by Crippen LogP contribution is 2.35. The Morgan fingerprint density at radius 2 is 0.893 bits per heavy atom. The molecule has 0 bridgehead atoms. The van der Waals surface area contributed by atoms with E-state index in [1.165, 1.54) is 0 Å². The molecule has 0 aromatic rings.